The molecule has 1 fully saturated rings. The van der Waals surface area contributed by atoms with Crippen LogP contribution in [0.4, 0.5) is 0 Å². The Balaban J connectivity index is 2.58. The normalized spacial score (nSPS) is 17.1. The van der Waals surface area contributed by atoms with Gasteiger partial charge in [0, 0.05) is 16.7 Å². The molecular formula is C13H17NO3. The second kappa shape index (κ2) is 4.37. The van der Waals surface area contributed by atoms with E-state index in [4.69, 9.17) is 15.2 Å². The fourth-order valence-electron chi connectivity index (χ4n) is 2.25. The van der Waals surface area contributed by atoms with Crippen molar-refractivity contribution in [2.45, 2.75) is 24.8 Å². The Labute approximate surface area is 101 Å². The maximum atomic E-state index is 10.9. The van der Waals surface area contributed by atoms with E-state index in [-0.39, 0.29) is 5.54 Å². The summed E-state index contributed by atoms with van der Waals surface area (Å²) in [7, 11) is 3.14. The van der Waals surface area contributed by atoms with Crippen LogP contribution in [-0.4, -0.2) is 20.5 Å². The van der Waals surface area contributed by atoms with Gasteiger partial charge in [-0.3, -0.25) is 4.79 Å². The molecule has 0 atom stereocenters. The Morgan fingerprint density at radius 3 is 2.41 bits per heavy atom. The third-order valence-electron chi connectivity index (χ3n) is 3.42. The third kappa shape index (κ3) is 1.89. The van der Waals surface area contributed by atoms with Crippen LogP contribution in [0.5, 0.6) is 11.5 Å². The summed E-state index contributed by atoms with van der Waals surface area (Å²) in [6.45, 7) is 0. The summed E-state index contributed by atoms with van der Waals surface area (Å²) in [6, 6.07) is 3.46. The summed E-state index contributed by atoms with van der Waals surface area (Å²) < 4.78 is 10.6. The van der Waals surface area contributed by atoms with Gasteiger partial charge in [-0.15, -0.1) is 0 Å². The summed E-state index contributed by atoms with van der Waals surface area (Å²) in [5.74, 6) is 1.20. The van der Waals surface area contributed by atoms with Crippen LogP contribution >= 0.6 is 0 Å². The first-order valence-electron chi connectivity index (χ1n) is 5.65. The van der Waals surface area contributed by atoms with Crippen molar-refractivity contribution in [3.8, 4) is 11.5 Å². The van der Waals surface area contributed by atoms with Crippen molar-refractivity contribution in [3.63, 3.8) is 0 Å². The van der Waals surface area contributed by atoms with Crippen LogP contribution in [0, 0.1) is 0 Å². The molecule has 92 valence electrons. The van der Waals surface area contributed by atoms with Crippen LogP contribution in [0.25, 0.3) is 0 Å². The molecule has 0 amide bonds. The van der Waals surface area contributed by atoms with Crippen molar-refractivity contribution >= 4 is 6.29 Å². The topological polar surface area (TPSA) is 61.5 Å². The number of ether oxygens (including phenoxy) is 2. The molecule has 0 unspecified atom stereocenters. The lowest BCUT2D eigenvalue weighted by Crippen LogP contribution is -2.43. The second-order valence-corrected chi connectivity index (χ2v) is 4.43. The van der Waals surface area contributed by atoms with E-state index >= 15 is 0 Å². The minimum absolute atomic E-state index is 0.377. The van der Waals surface area contributed by atoms with E-state index in [0.717, 1.165) is 31.1 Å². The predicted molar refractivity (Wildman–Crippen MR) is 64.6 cm³/mol. The molecule has 2 N–H and O–H groups in total. The van der Waals surface area contributed by atoms with Crippen molar-refractivity contribution in [2.24, 2.45) is 5.73 Å². The first-order valence-corrected chi connectivity index (χ1v) is 5.65. The van der Waals surface area contributed by atoms with Crippen LogP contribution in [0.3, 0.4) is 0 Å². The number of hydrogen-bond donors (Lipinski definition) is 1. The Bertz CT molecular complexity index is 439. The summed E-state index contributed by atoms with van der Waals surface area (Å²) in [5, 5.41) is 0. The van der Waals surface area contributed by atoms with E-state index in [1.807, 2.05) is 0 Å². The van der Waals surface area contributed by atoms with Crippen molar-refractivity contribution < 1.29 is 14.3 Å². The highest BCUT2D eigenvalue weighted by Crippen LogP contribution is 2.46. The van der Waals surface area contributed by atoms with Gasteiger partial charge in [-0.1, -0.05) is 0 Å². The minimum Gasteiger partial charge on any atom is -0.493 e. The standard InChI is InChI=1S/C13H17NO3/c1-16-11-7-9(8-15)6-10(12(11)17-2)13(14)4-3-5-13/h6-8H,3-5,14H2,1-2H3. The highest BCUT2D eigenvalue weighted by molar-refractivity contribution is 5.78. The average Bonchev–Trinajstić information content (AvgIpc) is 2.33. The molecule has 2 rings (SSSR count). The maximum absolute atomic E-state index is 10.9. The number of nitrogens with two attached hydrogens (primary N) is 1. The minimum atomic E-state index is -0.377. The van der Waals surface area contributed by atoms with Crippen molar-refractivity contribution in [1.82, 2.24) is 0 Å². The van der Waals surface area contributed by atoms with E-state index < -0.39 is 0 Å². The quantitative estimate of drug-likeness (QED) is 0.809. The smallest absolute Gasteiger partial charge is 0.165 e. The largest absolute Gasteiger partial charge is 0.493 e. The fourth-order valence-corrected chi connectivity index (χ4v) is 2.25. The number of aldehydes is 1. The molecule has 0 bridgehead atoms. The predicted octanol–water partition coefficient (Wildman–Crippen LogP) is 1.85. The number of benzene rings is 1. The van der Waals surface area contributed by atoms with Gasteiger partial charge in [0.2, 0.25) is 0 Å². The number of methoxy groups -OCH3 is 2. The number of rotatable bonds is 4. The van der Waals surface area contributed by atoms with Crippen LogP contribution in [0.2, 0.25) is 0 Å². The third-order valence-corrected chi connectivity index (χ3v) is 3.42. The van der Waals surface area contributed by atoms with Crippen molar-refractivity contribution in [3.05, 3.63) is 23.3 Å². The zero-order chi connectivity index (χ0) is 12.5. The second-order valence-electron chi connectivity index (χ2n) is 4.43. The van der Waals surface area contributed by atoms with Crippen LogP contribution in [-0.2, 0) is 5.54 Å². The highest BCUT2D eigenvalue weighted by Gasteiger charge is 2.38. The SMILES string of the molecule is COc1cc(C=O)cc(C2(N)CCC2)c1OC. The number of hydrogen-bond acceptors (Lipinski definition) is 4. The van der Waals surface area contributed by atoms with E-state index in [1.54, 1.807) is 26.4 Å². The lowest BCUT2D eigenvalue weighted by molar-refractivity contribution is 0.112. The van der Waals surface area contributed by atoms with Crippen LogP contribution < -0.4 is 15.2 Å². The summed E-state index contributed by atoms with van der Waals surface area (Å²) >= 11 is 0. The number of carbonyl (C=O) groups excluding carboxylic acids is 1. The molecule has 0 heterocycles. The van der Waals surface area contributed by atoms with E-state index in [2.05, 4.69) is 0 Å². The van der Waals surface area contributed by atoms with Gasteiger partial charge in [0.1, 0.15) is 6.29 Å². The lowest BCUT2D eigenvalue weighted by Gasteiger charge is -2.39. The highest BCUT2D eigenvalue weighted by atomic mass is 16.5. The Morgan fingerprint density at radius 2 is 2.00 bits per heavy atom. The molecule has 4 nitrogen and oxygen atoms in total. The molecule has 4 heteroatoms. The molecule has 0 aliphatic heterocycles. The Morgan fingerprint density at radius 1 is 1.29 bits per heavy atom. The van der Waals surface area contributed by atoms with Gasteiger partial charge < -0.3 is 15.2 Å². The van der Waals surface area contributed by atoms with Crippen LogP contribution in [0.15, 0.2) is 12.1 Å². The monoisotopic (exact) mass is 235 g/mol. The van der Waals surface area contributed by atoms with Gasteiger partial charge in [-0.25, -0.2) is 0 Å². The van der Waals surface area contributed by atoms with E-state index in [1.165, 1.54) is 0 Å². The Kier molecular flexibility index (Phi) is 3.07. The maximum Gasteiger partial charge on any atom is 0.165 e. The molecule has 0 spiro atoms. The Hall–Kier alpha value is -1.55. The molecule has 1 saturated carbocycles. The summed E-state index contributed by atoms with van der Waals surface area (Å²) in [4.78, 5) is 10.9. The molecule has 1 aliphatic rings. The average molecular weight is 235 g/mol. The molecule has 17 heavy (non-hydrogen) atoms. The van der Waals surface area contributed by atoms with Crippen molar-refractivity contribution in [1.29, 1.82) is 0 Å². The zero-order valence-corrected chi connectivity index (χ0v) is 10.2. The van der Waals surface area contributed by atoms with E-state index in [9.17, 15) is 4.79 Å². The molecule has 0 aromatic heterocycles. The van der Waals surface area contributed by atoms with Gasteiger partial charge in [0.05, 0.1) is 14.2 Å². The summed E-state index contributed by atoms with van der Waals surface area (Å²) in [6.07, 6.45) is 3.73. The van der Waals surface area contributed by atoms with Crippen LogP contribution in [0.1, 0.15) is 35.2 Å². The lowest BCUT2D eigenvalue weighted by atomic mass is 9.72. The summed E-state index contributed by atoms with van der Waals surface area (Å²) in [5.41, 5.74) is 7.35. The fraction of sp³-hybridized carbons (Fsp3) is 0.462. The molecule has 1 aliphatic carbocycles. The van der Waals surface area contributed by atoms with Gasteiger partial charge >= 0.3 is 0 Å². The zero-order valence-electron chi connectivity index (χ0n) is 10.2. The molecule has 1 aromatic rings. The van der Waals surface area contributed by atoms with Crippen molar-refractivity contribution in [2.75, 3.05) is 14.2 Å². The molecule has 0 saturated heterocycles. The molecular weight excluding hydrogens is 218 g/mol. The van der Waals surface area contributed by atoms with Gasteiger partial charge in [0.15, 0.2) is 11.5 Å². The molecule has 0 radical (unpaired) electrons. The first kappa shape index (κ1) is 11.9. The van der Waals surface area contributed by atoms with Gasteiger partial charge in [0.25, 0.3) is 0 Å². The molecule has 1 aromatic carbocycles. The number of carbonyl (C=O) groups is 1. The van der Waals surface area contributed by atoms with Gasteiger partial charge in [-0.2, -0.15) is 0 Å². The first-order chi connectivity index (χ1) is 8.14. The van der Waals surface area contributed by atoms with E-state index in [0.29, 0.717) is 17.1 Å². The van der Waals surface area contributed by atoms with Gasteiger partial charge in [-0.05, 0) is 31.4 Å².